The van der Waals surface area contributed by atoms with Crippen LogP contribution < -0.4 is 4.90 Å². The first-order valence-electron chi connectivity index (χ1n) is 11.7. The molecule has 170 valence electrons. The lowest BCUT2D eigenvalue weighted by Crippen LogP contribution is -2.10. The van der Waals surface area contributed by atoms with Gasteiger partial charge in [0.1, 0.15) is 0 Å². The second-order valence-corrected chi connectivity index (χ2v) is 9.13. The highest BCUT2D eigenvalue weighted by atomic mass is 32.1. The van der Waals surface area contributed by atoms with Crippen LogP contribution in [0.1, 0.15) is 42.0 Å². The van der Waals surface area contributed by atoms with Crippen LogP contribution in [0.3, 0.4) is 0 Å². The molecule has 0 aromatic heterocycles. The van der Waals surface area contributed by atoms with Gasteiger partial charge in [0.05, 0.1) is 0 Å². The quantitative estimate of drug-likeness (QED) is 0.285. The molecule has 0 heterocycles. The number of rotatable bonds is 6. The smallest absolute Gasteiger partial charge is 0.0461 e. The summed E-state index contributed by atoms with van der Waals surface area (Å²) in [5.74, 6) is 0. The van der Waals surface area contributed by atoms with Crippen LogP contribution in [0, 0.1) is 20.8 Å². The molecule has 0 N–H and O–H groups in total. The summed E-state index contributed by atoms with van der Waals surface area (Å²) >= 11 is 4.13. The number of nitrogens with zero attached hydrogens (tertiary/aromatic N) is 1. The number of anilines is 3. The van der Waals surface area contributed by atoms with E-state index >= 15 is 0 Å². The molecule has 4 rings (SSSR count). The zero-order chi connectivity index (χ0) is 23.6. The first-order chi connectivity index (χ1) is 16.0. The lowest BCUT2D eigenvalue weighted by molar-refractivity contribution is 0.795. The molecule has 1 nitrogen and oxygen atoms in total. The van der Waals surface area contributed by atoms with E-state index in [-0.39, 0.29) is 0 Å². The van der Waals surface area contributed by atoms with Crippen molar-refractivity contribution in [2.24, 2.45) is 0 Å². The number of hydrogen-bond donors (Lipinski definition) is 1. The van der Waals surface area contributed by atoms with E-state index in [9.17, 15) is 0 Å². The van der Waals surface area contributed by atoms with E-state index < -0.39 is 0 Å². The molecular weight excluding hydrogens is 418 g/mol. The average molecular weight is 454 g/mol. The van der Waals surface area contributed by atoms with Crippen molar-refractivity contribution in [1.82, 2.24) is 0 Å². The molecule has 33 heavy (non-hydrogen) atoms. The van der Waals surface area contributed by atoms with E-state index in [4.69, 9.17) is 0 Å². The van der Waals surface area contributed by atoms with Crippen LogP contribution in [0.25, 0.3) is 0 Å². The SMILES string of the molecule is CCCCc1ccc(N(c2ccc(C)cc2)c2ccc(C)cc2)cc1.Cc1ccc(S)cc1. The second-order valence-electron chi connectivity index (χ2n) is 8.61. The molecule has 4 aromatic rings. The van der Waals surface area contributed by atoms with E-state index in [0.29, 0.717) is 0 Å². The Hall–Kier alpha value is -2.97. The van der Waals surface area contributed by atoms with Crippen LogP contribution >= 0.6 is 12.6 Å². The lowest BCUT2D eigenvalue weighted by Gasteiger charge is -2.26. The summed E-state index contributed by atoms with van der Waals surface area (Å²) in [6, 6.07) is 34.5. The maximum atomic E-state index is 4.13. The van der Waals surface area contributed by atoms with Gasteiger partial charge in [0.2, 0.25) is 0 Å². The molecule has 0 bridgehead atoms. The van der Waals surface area contributed by atoms with Crippen LogP contribution in [0.4, 0.5) is 17.1 Å². The summed E-state index contributed by atoms with van der Waals surface area (Å²) in [6.45, 7) is 8.56. The maximum Gasteiger partial charge on any atom is 0.0461 e. The molecule has 0 aliphatic carbocycles. The van der Waals surface area contributed by atoms with Crippen molar-refractivity contribution in [2.75, 3.05) is 4.90 Å². The molecule has 0 fully saturated rings. The Bertz CT molecular complexity index is 1030. The Morgan fingerprint density at radius 2 is 0.909 bits per heavy atom. The van der Waals surface area contributed by atoms with E-state index in [1.807, 2.05) is 24.3 Å². The third kappa shape index (κ3) is 7.54. The van der Waals surface area contributed by atoms with Gasteiger partial charge in [0.25, 0.3) is 0 Å². The van der Waals surface area contributed by atoms with Gasteiger partial charge in [-0.3, -0.25) is 0 Å². The largest absolute Gasteiger partial charge is 0.311 e. The minimum absolute atomic E-state index is 1.02. The topological polar surface area (TPSA) is 3.24 Å². The summed E-state index contributed by atoms with van der Waals surface area (Å²) in [5, 5.41) is 0. The van der Waals surface area contributed by atoms with Crippen LogP contribution in [-0.2, 0) is 6.42 Å². The van der Waals surface area contributed by atoms with Crippen molar-refractivity contribution in [3.63, 3.8) is 0 Å². The van der Waals surface area contributed by atoms with E-state index in [0.717, 1.165) is 11.3 Å². The van der Waals surface area contributed by atoms with Crippen molar-refractivity contribution in [2.45, 2.75) is 51.9 Å². The number of hydrogen-bond acceptors (Lipinski definition) is 2. The fraction of sp³-hybridized carbons (Fsp3) is 0.226. The van der Waals surface area contributed by atoms with Crippen molar-refractivity contribution in [1.29, 1.82) is 0 Å². The Kier molecular flexibility index (Phi) is 9.21. The van der Waals surface area contributed by atoms with Crippen LogP contribution in [0.15, 0.2) is 102 Å². The van der Waals surface area contributed by atoms with Gasteiger partial charge in [-0.1, -0.05) is 78.6 Å². The minimum Gasteiger partial charge on any atom is -0.311 e. The van der Waals surface area contributed by atoms with Crippen molar-refractivity contribution >= 4 is 29.7 Å². The molecule has 0 saturated heterocycles. The summed E-state index contributed by atoms with van der Waals surface area (Å²) in [4.78, 5) is 3.35. The standard InChI is InChI=1S/C24H27N.C7H8S/c1-4-5-6-21-11-17-24(18-12-21)25(22-13-7-19(2)8-14-22)23-15-9-20(3)10-16-23;1-6-2-4-7(8)5-3-6/h7-18H,4-6H2,1-3H3;2-5,8H,1H3. The molecule has 0 saturated carbocycles. The predicted octanol–water partition coefficient (Wildman–Crippen LogP) is 9.40. The predicted molar refractivity (Wildman–Crippen MR) is 148 cm³/mol. The maximum absolute atomic E-state index is 4.13. The zero-order valence-corrected chi connectivity index (χ0v) is 21.1. The van der Waals surface area contributed by atoms with Crippen LogP contribution in [0.5, 0.6) is 0 Å². The summed E-state index contributed by atoms with van der Waals surface area (Å²) in [7, 11) is 0. The van der Waals surface area contributed by atoms with Gasteiger partial charge in [-0.25, -0.2) is 0 Å². The highest BCUT2D eigenvalue weighted by Crippen LogP contribution is 2.34. The molecule has 0 unspecified atom stereocenters. The summed E-state index contributed by atoms with van der Waals surface area (Å²) in [6.07, 6.45) is 3.64. The highest BCUT2D eigenvalue weighted by molar-refractivity contribution is 7.80. The number of unbranched alkanes of at least 4 members (excludes halogenated alkanes) is 1. The summed E-state index contributed by atoms with van der Waals surface area (Å²) < 4.78 is 0. The zero-order valence-electron chi connectivity index (χ0n) is 20.3. The monoisotopic (exact) mass is 453 g/mol. The van der Waals surface area contributed by atoms with Crippen molar-refractivity contribution in [3.05, 3.63) is 119 Å². The first-order valence-corrected chi connectivity index (χ1v) is 12.2. The molecule has 0 radical (unpaired) electrons. The first kappa shape index (κ1) is 24.7. The van der Waals surface area contributed by atoms with Crippen LogP contribution in [-0.4, -0.2) is 0 Å². The average Bonchev–Trinajstić information content (AvgIpc) is 2.83. The van der Waals surface area contributed by atoms with Gasteiger partial charge in [-0.05, 0) is 87.7 Å². The van der Waals surface area contributed by atoms with Gasteiger partial charge in [0.15, 0.2) is 0 Å². The van der Waals surface area contributed by atoms with Gasteiger partial charge >= 0.3 is 0 Å². The third-order valence-electron chi connectivity index (χ3n) is 5.63. The number of benzene rings is 4. The molecule has 4 aromatic carbocycles. The number of aryl methyl sites for hydroxylation is 4. The number of thiol groups is 1. The Balaban J connectivity index is 0.000000323. The normalized spacial score (nSPS) is 10.3. The van der Waals surface area contributed by atoms with Gasteiger partial charge in [-0.2, -0.15) is 0 Å². The molecule has 0 atom stereocenters. The van der Waals surface area contributed by atoms with E-state index in [1.165, 1.54) is 52.2 Å². The second kappa shape index (κ2) is 12.3. The minimum atomic E-state index is 1.02. The molecule has 0 spiro atoms. The van der Waals surface area contributed by atoms with Gasteiger partial charge in [0, 0.05) is 22.0 Å². The molecule has 0 amide bonds. The fourth-order valence-electron chi connectivity index (χ4n) is 3.57. The van der Waals surface area contributed by atoms with E-state index in [1.54, 1.807) is 0 Å². The molecule has 0 aliphatic rings. The van der Waals surface area contributed by atoms with Crippen molar-refractivity contribution < 1.29 is 0 Å². The van der Waals surface area contributed by atoms with Crippen molar-refractivity contribution in [3.8, 4) is 0 Å². The van der Waals surface area contributed by atoms with Crippen LogP contribution in [0.2, 0.25) is 0 Å². The fourth-order valence-corrected chi connectivity index (χ4v) is 3.72. The Morgan fingerprint density at radius 3 is 1.27 bits per heavy atom. The summed E-state index contributed by atoms with van der Waals surface area (Å²) in [5.41, 5.74) is 8.84. The van der Waals surface area contributed by atoms with E-state index in [2.05, 4.69) is 118 Å². The Morgan fingerprint density at radius 1 is 0.545 bits per heavy atom. The Labute approximate surface area is 205 Å². The van der Waals surface area contributed by atoms with Gasteiger partial charge in [-0.15, -0.1) is 12.6 Å². The molecule has 2 heteroatoms. The third-order valence-corrected chi connectivity index (χ3v) is 5.93. The highest BCUT2D eigenvalue weighted by Gasteiger charge is 2.12. The lowest BCUT2D eigenvalue weighted by atomic mass is 10.1. The van der Waals surface area contributed by atoms with Gasteiger partial charge < -0.3 is 4.90 Å². The molecule has 0 aliphatic heterocycles. The molecular formula is C31H35NS.